The molecule has 1 heterocycles. The molecule has 2 aromatic carbocycles. The maximum Gasteiger partial charge on any atom is 0.315 e. The van der Waals surface area contributed by atoms with E-state index >= 15 is 0 Å². The van der Waals surface area contributed by atoms with Gasteiger partial charge in [0.05, 0.1) is 12.7 Å². The molecule has 1 saturated heterocycles. The first kappa shape index (κ1) is 23.7. The first-order chi connectivity index (χ1) is 16.1. The topological polar surface area (TPSA) is 54.0 Å². The molecule has 0 aromatic heterocycles. The van der Waals surface area contributed by atoms with Crippen molar-refractivity contribution in [2.75, 3.05) is 6.61 Å². The fraction of sp³-hybridized carbons (Fsp3) is 0.536. The van der Waals surface area contributed by atoms with Crippen molar-refractivity contribution in [3.05, 3.63) is 60.7 Å². The van der Waals surface area contributed by atoms with Crippen molar-refractivity contribution in [1.29, 1.82) is 0 Å². The van der Waals surface area contributed by atoms with Crippen LogP contribution in [0, 0.1) is 11.3 Å². The first-order valence-corrected chi connectivity index (χ1v) is 14.3. The first-order valence-electron chi connectivity index (χ1n) is 12.4. The van der Waals surface area contributed by atoms with Crippen LogP contribution in [0.3, 0.4) is 0 Å². The van der Waals surface area contributed by atoms with Gasteiger partial charge in [0.25, 0.3) is 8.32 Å². The van der Waals surface area contributed by atoms with E-state index in [1.165, 1.54) is 10.4 Å². The Labute approximate surface area is 203 Å². The molecule has 0 amide bonds. The van der Waals surface area contributed by atoms with Gasteiger partial charge in [0, 0.05) is 5.92 Å². The fourth-order valence-corrected chi connectivity index (χ4v) is 11.1. The predicted molar refractivity (Wildman–Crippen MR) is 133 cm³/mol. The second-order valence-corrected chi connectivity index (χ2v) is 15.6. The molecule has 5 atom stereocenters. The van der Waals surface area contributed by atoms with E-state index in [0.29, 0.717) is 6.61 Å². The SMILES string of the molecule is CCOC(=O)[C@@]12C[C@@H]1[C@H](O[Si](c1ccccc1)(c1ccccc1)C(C)(C)C)[C@@H]1OC(C)(C)O[C@@H]12. The predicted octanol–water partition coefficient (Wildman–Crippen LogP) is 4.03. The lowest BCUT2D eigenvalue weighted by Gasteiger charge is -2.45. The van der Waals surface area contributed by atoms with Crippen LogP contribution in [0.15, 0.2) is 60.7 Å². The summed E-state index contributed by atoms with van der Waals surface area (Å²) in [5, 5.41) is 2.28. The highest BCUT2D eigenvalue weighted by Crippen LogP contribution is 2.69. The van der Waals surface area contributed by atoms with Gasteiger partial charge in [-0.2, -0.15) is 0 Å². The molecule has 0 N–H and O–H groups in total. The Morgan fingerprint density at radius 3 is 2.06 bits per heavy atom. The molecule has 3 aliphatic rings. The van der Waals surface area contributed by atoms with Crippen molar-refractivity contribution >= 4 is 24.7 Å². The molecule has 6 heteroatoms. The minimum absolute atomic E-state index is 0.0271. The molecule has 2 saturated carbocycles. The zero-order valence-corrected chi connectivity index (χ0v) is 22.0. The molecule has 2 aromatic rings. The minimum Gasteiger partial charge on any atom is -0.465 e. The van der Waals surface area contributed by atoms with E-state index in [-0.39, 0.29) is 35.2 Å². The van der Waals surface area contributed by atoms with E-state index < -0.39 is 19.5 Å². The van der Waals surface area contributed by atoms with Crippen LogP contribution in [0.4, 0.5) is 0 Å². The van der Waals surface area contributed by atoms with Gasteiger partial charge in [-0.1, -0.05) is 81.4 Å². The Hall–Kier alpha value is -1.99. The van der Waals surface area contributed by atoms with Gasteiger partial charge in [-0.05, 0) is 42.6 Å². The smallest absolute Gasteiger partial charge is 0.315 e. The van der Waals surface area contributed by atoms with Crippen molar-refractivity contribution < 1.29 is 23.4 Å². The van der Waals surface area contributed by atoms with Crippen molar-refractivity contribution in [1.82, 2.24) is 0 Å². The van der Waals surface area contributed by atoms with Gasteiger partial charge in [-0.3, -0.25) is 4.79 Å². The van der Waals surface area contributed by atoms with Gasteiger partial charge < -0.3 is 18.6 Å². The molecule has 5 nitrogen and oxygen atoms in total. The Morgan fingerprint density at radius 1 is 1.00 bits per heavy atom. The van der Waals surface area contributed by atoms with E-state index in [2.05, 4.69) is 69.3 Å². The van der Waals surface area contributed by atoms with Crippen LogP contribution in [0.5, 0.6) is 0 Å². The molecule has 0 unspecified atom stereocenters. The number of esters is 1. The van der Waals surface area contributed by atoms with Crippen molar-refractivity contribution in [2.24, 2.45) is 11.3 Å². The van der Waals surface area contributed by atoms with E-state index in [9.17, 15) is 4.79 Å². The summed E-state index contributed by atoms with van der Waals surface area (Å²) in [6.45, 7) is 12.9. The highest BCUT2D eigenvalue weighted by Gasteiger charge is 2.81. The molecule has 34 heavy (non-hydrogen) atoms. The Balaban J connectivity index is 1.63. The number of carbonyl (C=O) groups is 1. The number of fused-ring (bicyclic) bond motifs is 3. The van der Waals surface area contributed by atoms with Crippen LogP contribution in [0.1, 0.15) is 48.0 Å². The largest absolute Gasteiger partial charge is 0.465 e. The minimum atomic E-state index is -2.81. The summed E-state index contributed by atoms with van der Waals surface area (Å²) >= 11 is 0. The van der Waals surface area contributed by atoms with Crippen molar-refractivity contribution in [2.45, 2.75) is 77.1 Å². The molecular formula is C28H36O5Si. The van der Waals surface area contributed by atoms with Crippen molar-refractivity contribution in [3.8, 4) is 0 Å². The number of ether oxygens (including phenoxy) is 3. The normalized spacial score (nSPS) is 31.6. The van der Waals surface area contributed by atoms with E-state index in [1.54, 1.807) is 0 Å². The van der Waals surface area contributed by atoms with Gasteiger partial charge in [-0.15, -0.1) is 0 Å². The highest BCUT2D eigenvalue weighted by molar-refractivity contribution is 6.99. The molecule has 0 spiro atoms. The summed E-state index contributed by atoms with van der Waals surface area (Å²) in [5.74, 6) is -0.917. The standard InChI is InChI=1S/C28H36O5Si/c1-7-30-25(29)28-18-21(28)22(23-24(28)32-27(5,6)31-23)33-34(26(2,3)4,19-14-10-8-11-15-19)20-16-12-9-13-17-20/h8-17,21-24H,7,18H2,1-6H3/t21-,22+,23+,24+,28+/m1/s1. The number of carbonyl (C=O) groups excluding carboxylic acids is 1. The van der Waals surface area contributed by atoms with Crippen LogP contribution >= 0.6 is 0 Å². The highest BCUT2D eigenvalue weighted by atomic mass is 28.4. The Bertz CT molecular complexity index is 1010. The summed E-state index contributed by atoms with van der Waals surface area (Å²) in [6, 6.07) is 21.2. The number of hydrogen-bond acceptors (Lipinski definition) is 5. The number of hydrogen-bond donors (Lipinski definition) is 0. The van der Waals surface area contributed by atoms with Crippen molar-refractivity contribution in [3.63, 3.8) is 0 Å². The van der Waals surface area contributed by atoms with Gasteiger partial charge in [0.15, 0.2) is 5.79 Å². The summed E-state index contributed by atoms with van der Waals surface area (Å²) < 4.78 is 25.8. The molecule has 0 bridgehead atoms. The van der Waals surface area contributed by atoms with Gasteiger partial charge >= 0.3 is 5.97 Å². The Morgan fingerprint density at radius 2 is 1.56 bits per heavy atom. The van der Waals surface area contributed by atoms with Gasteiger partial charge in [0.1, 0.15) is 17.6 Å². The van der Waals surface area contributed by atoms with E-state index in [0.717, 1.165) is 6.42 Å². The zero-order chi connectivity index (χ0) is 24.4. The molecular weight excluding hydrogens is 444 g/mol. The lowest BCUT2D eigenvalue weighted by atomic mass is 9.99. The van der Waals surface area contributed by atoms with Crippen LogP contribution in [-0.4, -0.2) is 45.0 Å². The average Bonchev–Trinajstić information content (AvgIpc) is 3.38. The Kier molecular flexibility index (Phi) is 5.60. The third-order valence-corrected chi connectivity index (χ3v) is 12.8. The van der Waals surface area contributed by atoms with Gasteiger partial charge in [-0.25, -0.2) is 0 Å². The molecule has 5 rings (SSSR count). The van der Waals surface area contributed by atoms with Crippen LogP contribution in [0.25, 0.3) is 0 Å². The summed E-state index contributed by atoms with van der Waals surface area (Å²) in [6.07, 6.45) is -0.188. The van der Waals surface area contributed by atoms with E-state index in [4.69, 9.17) is 18.6 Å². The second kappa shape index (κ2) is 8.02. The molecule has 182 valence electrons. The van der Waals surface area contributed by atoms with Crippen LogP contribution < -0.4 is 10.4 Å². The van der Waals surface area contributed by atoms with Crippen LogP contribution in [-0.2, 0) is 23.4 Å². The maximum atomic E-state index is 13.2. The molecule has 2 aliphatic carbocycles. The quantitative estimate of drug-likeness (QED) is 0.462. The van der Waals surface area contributed by atoms with Gasteiger partial charge in [0.2, 0.25) is 0 Å². The lowest BCUT2D eigenvalue weighted by Crippen LogP contribution is -2.68. The third kappa shape index (κ3) is 3.41. The maximum absolute atomic E-state index is 13.2. The second-order valence-electron chi connectivity index (χ2n) is 11.3. The molecule has 0 radical (unpaired) electrons. The summed E-state index contributed by atoms with van der Waals surface area (Å²) in [5.41, 5.74) is -0.676. The monoisotopic (exact) mass is 480 g/mol. The third-order valence-electron chi connectivity index (χ3n) is 7.80. The molecule has 1 aliphatic heterocycles. The number of rotatable bonds is 6. The molecule has 3 fully saturated rings. The summed E-state index contributed by atoms with van der Waals surface area (Å²) in [4.78, 5) is 13.2. The number of benzene rings is 2. The van der Waals surface area contributed by atoms with Crippen LogP contribution in [0.2, 0.25) is 5.04 Å². The summed E-state index contributed by atoms with van der Waals surface area (Å²) in [7, 11) is -2.81. The average molecular weight is 481 g/mol. The zero-order valence-electron chi connectivity index (χ0n) is 21.0. The lowest BCUT2D eigenvalue weighted by molar-refractivity contribution is -0.175. The fourth-order valence-electron chi connectivity index (χ4n) is 6.36. The van der Waals surface area contributed by atoms with E-state index in [1.807, 2.05) is 32.9 Å².